The molecule has 0 spiro atoms. The summed E-state index contributed by atoms with van der Waals surface area (Å²) in [6.07, 6.45) is 0.681. The fourth-order valence-corrected chi connectivity index (χ4v) is 5.09. The van der Waals surface area contributed by atoms with E-state index in [9.17, 15) is 0 Å². The van der Waals surface area contributed by atoms with E-state index in [0.717, 1.165) is 60.5 Å². The molecule has 0 fully saturated rings. The normalized spacial score (nSPS) is 13.4. The maximum absolute atomic E-state index is 8.54. The summed E-state index contributed by atoms with van der Waals surface area (Å²) in [5, 5.41) is 6.70. The third-order valence-electron chi connectivity index (χ3n) is 6.63. The number of hydrogen-bond acceptors (Lipinski definition) is 1. The number of benzene rings is 4. The Balaban J connectivity index is 1.60. The number of pyridine rings is 1. The minimum absolute atomic E-state index is 0.104. The highest BCUT2D eigenvalue weighted by molar-refractivity contribution is 6.16. The highest BCUT2D eigenvalue weighted by Crippen LogP contribution is 2.39. The smallest absolute Gasteiger partial charge is 0.220 e. The van der Waals surface area contributed by atoms with Gasteiger partial charge < -0.3 is 4.42 Å². The maximum Gasteiger partial charge on any atom is 0.220 e. The van der Waals surface area contributed by atoms with Crippen LogP contribution in [-0.4, -0.2) is 0 Å². The van der Waals surface area contributed by atoms with E-state index in [1.807, 2.05) is 26.0 Å². The van der Waals surface area contributed by atoms with Gasteiger partial charge in [-0.1, -0.05) is 56.3 Å². The van der Waals surface area contributed by atoms with Crippen LogP contribution in [0.1, 0.15) is 27.7 Å². The minimum Gasteiger partial charge on any atom is -0.455 e. The van der Waals surface area contributed by atoms with Crippen molar-refractivity contribution in [2.24, 2.45) is 13.0 Å². The Morgan fingerprint density at radius 3 is 2.42 bits per heavy atom. The first-order chi connectivity index (χ1) is 16.8. The number of hydrogen-bond donors (Lipinski definition) is 0. The monoisotopic (exact) mass is 432 g/mol. The number of nitrogens with zero attached hydrogens (tertiary/aromatic N) is 1. The van der Waals surface area contributed by atoms with Crippen LogP contribution in [0.2, 0.25) is 0 Å². The molecule has 0 N–H and O–H groups in total. The van der Waals surface area contributed by atoms with E-state index in [0.29, 0.717) is 0 Å². The van der Waals surface area contributed by atoms with Crippen LogP contribution in [-0.2, 0) is 13.4 Å². The van der Waals surface area contributed by atoms with Crippen LogP contribution in [0.3, 0.4) is 0 Å². The lowest BCUT2D eigenvalue weighted by Gasteiger charge is -2.10. The van der Waals surface area contributed by atoms with Gasteiger partial charge in [0.05, 0.1) is 10.9 Å². The van der Waals surface area contributed by atoms with Gasteiger partial charge >= 0.3 is 0 Å². The molecular weight excluding hydrogens is 402 g/mol. The zero-order valence-electron chi connectivity index (χ0n) is 21.4. The van der Waals surface area contributed by atoms with E-state index in [1.165, 1.54) is 5.39 Å². The SMILES string of the molecule is [2H]C([2H])(c1ccc2c(-c3ccc4c(oc5c6ccccc6ccc45)c3C)[n+](C)ccc2c1)C(C)C. The van der Waals surface area contributed by atoms with E-state index < -0.39 is 6.37 Å². The highest BCUT2D eigenvalue weighted by Gasteiger charge is 2.21. The Morgan fingerprint density at radius 2 is 1.58 bits per heavy atom. The second-order valence-corrected chi connectivity index (χ2v) is 9.26. The number of furan rings is 1. The summed E-state index contributed by atoms with van der Waals surface area (Å²) >= 11 is 0. The Kier molecular flexibility index (Phi) is 4.03. The molecule has 0 aliphatic carbocycles. The van der Waals surface area contributed by atoms with Gasteiger partial charge in [0.15, 0.2) is 6.20 Å². The summed E-state index contributed by atoms with van der Waals surface area (Å²) in [6, 6.07) is 25.1. The summed E-state index contributed by atoms with van der Waals surface area (Å²) in [4.78, 5) is 0. The first-order valence-electron chi connectivity index (χ1n) is 12.5. The van der Waals surface area contributed by atoms with Crippen LogP contribution >= 0.6 is 0 Å². The van der Waals surface area contributed by atoms with Gasteiger partial charge in [-0.15, -0.1) is 0 Å². The van der Waals surface area contributed by atoms with Crippen molar-refractivity contribution >= 4 is 43.5 Å². The van der Waals surface area contributed by atoms with Gasteiger partial charge in [-0.05, 0) is 59.8 Å². The molecule has 0 radical (unpaired) electrons. The van der Waals surface area contributed by atoms with Gasteiger partial charge in [-0.25, -0.2) is 4.57 Å². The molecule has 0 atom stereocenters. The fraction of sp³-hybridized carbons (Fsp3) is 0.194. The Hall–Kier alpha value is -3.65. The number of fused-ring (bicyclic) bond motifs is 6. The average Bonchev–Trinajstić information content (AvgIpc) is 3.24. The van der Waals surface area contributed by atoms with E-state index in [4.69, 9.17) is 7.16 Å². The lowest BCUT2D eigenvalue weighted by molar-refractivity contribution is -0.659. The Bertz CT molecular complexity index is 1780. The van der Waals surface area contributed by atoms with Crippen LogP contribution in [0, 0.1) is 12.8 Å². The van der Waals surface area contributed by atoms with Crippen molar-refractivity contribution in [3.8, 4) is 11.3 Å². The zero-order valence-corrected chi connectivity index (χ0v) is 19.4. The van der Waals surface area contributed by atoms with Gasteiger partial charge in [0.1, 0.15) is 18.2 Å². The molecular formula is C31H28NO+. The number of aromatic nitrogens is 1. The first kappa shape index (κ1) is 17.9. The Labute approximate surface area is 196 Å². The van der Waals surface area contributed by atoms with Crippen molar-refractivity contribution in [1.82, 2.24) is 0 Å². The number of aryl methyl sites for hydroxylation is 2. The van der Waals surface area contributed by atoms with Gasteiger partial charge in [0.2, 0.25) is 5.69 Å². The minimum atomic E-state index is -1.38. The summed E-state index contributed by atoms with van der Waals surface area (Å²) in [7, 11) is 2.06. The van der Waals surface area contributed by atoms with E-state index in [-0.39, 0.29) is 5.92 Å². The van der Waals surface area contributed by atoms with Crippen LogP contribution in [0.25, 0.3) is 54.7 Å². The first-order valence-corrected chi connectivity index (χ1v) is 11.5. The van der Waals surface area contributed by atoms with Gasteiger partial charge in [-0.3, -0.25) is 0 Å². The van der Waals surface area contributed by atoms with Crippen molar-refractivity contribution in [1.29, 1.82) is 0 Å². The van der Waals surface area contributed by atoms with Crippen LogP contribution in [0.15, 0.2) is 83.4 Å². The molecule has 2 nitrogen and oxygen atoms in total. The molecule has 33 heavy (non-hydrogen) atoms. The predicted molar refractivity (Wildman–Crippen MR) is 139 cm³/mol. The molecule has 0 aliphatic rings. The highest BCUT2D eigenvalue weighted by atomic mass is 16.3. The van der Waals surface area contributed by atoms with Crippen molar-refractivity contribution in [3.05, 3.63) is 90.1 Å². The summed E-state index contributed by atoms with van der Waals surface area (Å²) < 4.78 is 25.8. The van der Waals surface area contributed by atoms with Gasteiger partial charge in [-0.2, -0.15) is 0 Å². The van der Waals surface area contributed by atoms with E-state index in [2.05, 4.69) is 85.4 Å². The van der Waals surface area contributed by atoms with Crippen molar-refractivity contribution < 1.29 is 11.7 Å². The largest absolute Gasteiger partial charge is 0.455 e. The molecule has 2 heterocycles. The lowest BCUT2D eigenvalue weighted by Crippen LogP contribution is -2.30. The predicted octanol–water partition coefficient (Wildman–Crippen LogP) is 7.89. The molecule has 0 amide bonds. The molecule has 4 aromatic carbocycles. The van der Waals surface area contributed by atoms with Gasteiger partial charge in [0, 0.05) is 30.5 Å². The maximum atomic E-state index is 8.54. The molecule has 0 saturated carbocycles. The fourth-order valence-electron chi connectivity index (χ4n) is 5.09. The summed E-state index contributed by atoms with van der Waals surface area (Å²) in [5.74, 6) is -0.104. The molecule has 0 saturated heterocycles. The standard InChI is InChI=1S/C31H28NO/c1-19(2)17-21-9-11-25-23(18-21)15-16-32(4)29(25)24-13-14-27-28-12-10-22-7-5-6-8-26(22)31(28)33-30(27)20(24)3/h5-16,18-19H,17H2,1-4H3/q+1/i17D2. The Morgan fingerprint density at radius 1 is 0.818 bits per heavy atom. The van der Waals surface area contributed by atoms with Crippen LogP contribution in [0.4, 0.5) is 0 Å². The van der Waals surface area contributed by atoms with Crippen molar-refractivity contribution in [2.75, 3.05) is 0 Å². The average molecular weight is 433 g/mol. The molecule has 0 aliphatic heterocycles. The quantitative estimate of drug-likeness (QED) is 0.260. The van der Waals surface area contributed by atoms with Crippen LogP contribution < -0.4 is 4.57 Å². The third-order valence-corrected chi connectivity index (χ3v) is 6.63. The molecule has 2 aromatic heterocycles. The van der Waals surface area contributed by atoms with E-state index >= 15 is 0 Å². The number of rotatable bonds is 3. The van der Waals surface area contributed by atoms with Crippen LogP contribution in [0.5, 0.6) is 0 Å². The molecule has 6 aromatic rings. The molecule has 0 bridgehead atoms. The summed E-state index contributed by atoms with van der Waals surface area (Å²) in [5.41, 5.74) is 5.89. The molecule has 6 rings (SSSR count). The van der Waals surface area contributed by atoms with E-state index in [1.54, 1.807) is 0 Å². The second kappa shape index (κ2) is 7.45. The third kappa shape index (κ3) is 3.13. The van der Waals surface area contributed by atoms with Crippen molar-refractivity contribution in [3.63, 3.8) is 0 Å². The topological polar surface area (TPSA) is 17.0 Å². The lowest BCUT2D eigenvalue weighted by atomic mass is 9.95. The zero-order chi connectivity index (χ0) is 24.5. The van der Waals surface area contributed by atoms with Gasteiger partial charge in [0.25, 0.3) is 0 Å². The second-order valence-electron chi connectivity index (χ2n) is 9.26. The van der Waals surface area contributed by atoms with Crippen molar-refractivity contribution in [2.45, 2.75) is 27.1 Å². The summed E-state index contributed by atoms with van der Waals surface area (Å²) in [6.45, 7) is 5.98. The molecule has 2 heteroatoms. The molecule has 0 unspecified atom stereocenters. The molecule has 162 valence electrons.